The lowest BCUT2D eigenvalue weighted by atomic mass is 9.91. The number of ether oxygens (including phenoxy) is 1. The summed E-state index contributed by atoms with van der Waals surface area (Å²) in [7, 11) is -4.17. The summed E-state index contributed by atoms with van der Waals surface area (Å²) >= 11 is 0. The third kappa shape index (κ3) is 8.86. The van der Waals surface area contributed by atoms with Gasteiger partial charge in [-0.05, 0) is 74.4 Å². The Morgan fingerprint density at radius 1 is 1.02 bits per heavy atom. The number of carbonyl (C=O) groups is 3. The molecule has 0 bridgehead atoms. The zero-order chi connectivity index (χ0) is 39.4. The number of nitrogens with one attached hydrogen (secondary N) is 3. The summed E-state index contributed by atoms with van der Waals surface area (Å²) in [5, 5.41) is 17.7. The first kappa shape index (κ1) is 38.7. The minimum absolute atomic E-state index is 0.00897. The van der Waals surface area contributed by atoms with Crippen LogP contribution in [0.3, 0.4) is 0 Å². The van der Waals surface area contributed by atoms with E-state index in [0.717, 1.165) is 28.0 Å². The number of carboxylic acid groups (broad SMARTS) is 1. The van der Waals surface area contributed by atoms with Crippen molar-refractivity contribution in [3.8, 4) is 11.4 Å². The molecule has 1 fully saturated rings. The van der Waals surface area contributed by atoms with Gasteiger partial charge in [0, 0.05) is 35.4 Å². The Morgan fingerprint density at radius 3 is 2.49 bits per heavy atom. The van der Waals surface area contributed by atoms with Crippen LogP contribution in [0.1, 0.15) is 61.1 Å². The standard InChI is InChI=1S/C37H38F2N8O7S/c1-20(2)31(36(49)50)45-37(51)54-19-22-11-12-40-30(13-22)35(48)44-25-6-4-5-24(15-25)43-33-29(39)17-41-32(46-33)28-18-47(34-27(28)14-23(38)16-42-34)55(52,53)26-9-7-21(3)8-10-26/h7-14,16-18,20,24-25,31H,4-6,15,19H2,1-3H3,(H,44,48)(H,45,51)(H,49,50)(H,41,43,46)/t24-,25+,31?/m0/s1. The first-order valence-electron chi connectivity index (χ1n) is 17.4. The first-order chi connectivity index (χ1) is 26.2. The van der Waals surface area contributed by atoms with E-state index in [1.807, 2.05) is 6.92 Å². The van der Waals surface area contributed by atoms with Crippen molar-refractivity contribution in [2.45, 2.75) is 76.1 Å². The lowest BCUT2D eigenvalue weighted by molar-refractivity contribution is -0.140. The number of pyridine rings is 2. The molecular formula is C37H38F2N8O7S. The van der Waals surface area contributed by atoms with E-state index in [1.165, 1.54) is 30.6 Å². The fraction of sp³-hybridized carbons (Fsp3) is 0.324. The Kier molecular flexibility index (Phi) is 11.3. The number of hydrogen-bond donors (Lipinski definition) is 4. The van der Waals surface area contributed by atoms with E-state index in [9.17, 15) is 32.3 Å². The van der Waals surface area contributed by atoms with Gasteiger partial charge in [-0.3, -0.25) is 9.78 Å². The monoisotopic (exact) mass is 776 g/mol. The zero-order valence-corrected chi connectivity index (χ0v) is 30.8. The third-order valence-electron chi connectivity index (χ3n) is 9.12. The van der Waals surface area contributed by atoms with Crippen LogP contribution in [0.4, 0.5) is 19.4 Å². The number of carbonyl (C=O) groups excluding carboxylic acids is 2. The van der Waals surface area contributed by atoms with Crippen LogP contribution in [0.25, 0.3) is 22.4 Å². The summed E-state index contributed by atoms with van der Waals surface area (Å²) in [6.07, 6.45) is 5.90. The fourth-order valence-corrected chi connectivity index (χ4v) is 7.59. The van der Waals surface area contributed by atoms with Crippen molar-refractivity contribution in [3.05, 3.63) is 95.7 Å². The summed E-state index contributed by atoms with van der Waals surface area (Å²) in [5.74, 6) is -3.73. The molecule has 1 aromatic carbocycles. The summed E-state index contributed by atoms with van der Waals surface area (Å²) in [4.78, 5) is 53.4. The molecule has 1 unspecified atom stereocenters. The fourth-order valence-electron chi connectivity index (χ4n) is 6.26. The van der Waals surface area contributed by atoms with Crippen molar-refractivity contribution in [2.24, 2.45) is 5.92 Å². The molecule has 6 rings (SSSR count). The summed E-state index contributed by atoms with van der Waals surface area (Å²) in [6.45, 7) is 4.89. The highest BCUT2D eigenvalue weighted by atomic mass is 32.2. The van der Waals surface area contributed by atoms with Crippen molar-refractivity contribution in [1.29, 1.82) is 0 Å². The van der Waals surface area contributed by atoms with Crippen LogP contribution in [0.15, 0.2) is 72.1 Å². The molecule has 4 aromatic heterocycles. The van der Waals surface area contributed by atoms with Gasteiger partial charge in [0.15, 0.2) is 23.1 Å². The molecule has 288 valence electrons. The molecule has 0 aliphatic heterocycles. The van der Waals surface area contributed by atoms with Gasteiger partial charge < -0.3 is 25.8 Å². The summed E-state index contributed by atoms with van der Waals surface area (Å²) in [6, 6.07) is 8.57. The van der Waals surface area contributed by atoms with Gasteiger partial charge in [0.2, 0.25) is 0 Å². The van der Waals surface area contributed by atoms with Crippen LogP contribution < -0.4 is 16.0 Å². The number of rotatable bonds is 12. The predicted molar refractivity (Wildman–Crippen MR) is 195 cm³/mol. The first-order valence-corrected chi connectivity index (χ1v) is 18.8. The normalized spacial score (nSPS) is 16.4. The second-order valence-electron chi connectivity index (χ2n) is 13.6. The maximum atomic E-state index is 15.2. The van der Waals surface area contributed by atoms with Crippen LogP contribution in [0, 0.1) is 24.5 Å². The Morgan fingerprint density at radius 2 is 1.76 bits per heavy atom. The SMILES string of the molecule is Cc1ccc(S(=O)(=O)n2cc(-c3ncc(F)c(N[C@H]4CCC[C@@H](NC(=O)c5cc(COC(=O)NC(C(=O)O)C(C)C)ccn5)C4)n3)c3cc(F)cnc32)cc1. The largest absolute Gasteiger partial charge is 0.480 e. The third-order valence-corrected chi connectivity index (χ3v) is 10.8. The van der Waals surface area contributed by atoms with E-state index in [2.05, 4.69) is 35.9 Å². The number of nitrogens with zero attached hydrogens (tertiary/aromatic N) is 5. The summed E-state index contributed by atoms with van der Waals surface area (Å²) < 4.78 is 63.0. The number of halogens is 2. The van der Waals surface area contributed by atoms with E-state index >= 15 is 4.39 Å². The maximum Gasteiger partial charge on any atom is 0.408 e. The van der Waals surface area contributed by atoms with Gasteiger partial charge in [-0.25, -0.2) is 45.7 Å². The zero-order valence-electron chi connectivity index (χ0n) is 30.0. The lowest BCUT2D eigenvalue weighted by Gasteiger charge is -2.30. The number of aromatic nitrogens is 5. The van der Waals surface area contributed by atoms with Gasteiger partial charge in [0.05, 0.1) is 17.3 Å². The molecule has 5 aromatic rings. The van der Waals surface area contributed by atoms with Gasteiger partial charge in [-0.1, -0.05) is 31.5 Å². The number of hydrogen-bond acceptors (Lipinski definition) is 11. The van der Waals surface area contributed by atoms with Gasteiger partial charge >= 0.3 is 12.1 Å². The molecule has 0 radical (unpaired) electrons. The molecule has 4 N–H and O–H groups in total. The predicted octanol–water partition coefficient (Wildman–Crippen LogP) is 5.20. The highest BCUT2D eigenvalue weighted by molar-refractivity contribution is 7.90. The average Bonchev–Trinajstić information content (AvgIpc) is 3.53. The van der Waals surface area contributed by atoms with E-state index in [-0.39, 0.29) is 63.4 Å². The second kappa shape index (κ2) is 16.1. The minimum atomic E-state index is -4.17. The summed E-state index contributed by atoms with van der Waals surface area (Å²) in [5.41, 5.74) is 1.45. The maximum absolute atomic E-state index is 15.2. The molecule has 0 saturated heterocycles. The smallest absolute Gasteiger partial charge is 0.408 e. The Labute approximate surface area is 314 Å². The van der Waals surface area contributed by atoms with E-state index in [0.29, 0.717) is 31.2 Å². The lowest BCUT2D eigenvalue weighted by Crippen LogP contribution is -2.44. The van der Waals surface area contributed by atoms with Crippen molar-refractivity contribution < 1.29 is 41.4 Å². The molecular weight excluding hydrogens is 739 g/mol. The van der Waals surface area contributed by atoms with Crippen LogP contribution in [-0.2, 0) is 26.2 Å². The van der Waals surface area contributed by atoms with Crippen molar-refractivity contribution >= 4 is 44.8 Å². The molecule has 1 aliphatic rings. The van der Waals surface area contributed by atoms with Crippen molar-refractivity contribution in [1.82, 2.24) is 34.5 Å². The Balaban J connectivity index is 1.14. The van der Waals surface area contributed by atoms with Crippen molar-refractivity contribution in [2.75, 3.05) is 5.32 Å². The van der Waals surface area contributed by atoms with Gasteiger partial charge in [0.25, 0.3) is 15.9 Å². The van der Waals surface area contributed by atoms with Gasteiger partial charge in [0.1, 0.15) is 24.2 Å². The number of alkyl carbamates (subject to hydrolysis) is 1. The molecule has 55 heavy (non-hydrogen) atoms. The highest BCUT2D eigenvalue weighted by Crippen LogP contribution is 2.32. The molecule has 2 amide bonds. The average molecular weight is 777 g/mol. The van der Waals surface area contributed by atoms with Crippen LogP contribution in [0.5, 0.6) is 0 Å². The Bertz CT molecular complexity index is 2360. The number of aliphatic carboxylic acids is 1. The molecule has 15 nitrogen and oxygen atoms in total. The highest BCUT2D eigenvalue weighted by Gasteiger charge is 2.28. The number of carboxylic acids is 1. The van der Waals surface area contributed by atoms with Crippen molar-refractivity contribution in [3.63, 3.8) is 0 Å². The van der Waals surface area contributed by atoms with Gasteiger partial charge in [-0.15, -0.1) is 0 Å². The van der Waals surface area contributed by atoms with E-state index < -0.39 is 45.7 Å². The van der Waals surface area contributed by atoms with E-state index in [4.69, 9.17) is 4.74 Å². The van der Waals surface area contributed by atoms with Crippen LogP contribution in [-0.4, -0.2) is 73.5 Å². The van der Waals surface area contributed by atoms with Crippen LogP contribution >= 0.6 is 0 Å². The van der Waals surface area contributed by atoms with E-state index in [1.54, 1.807) is 32.0 Å². The molecule has 0 spiro atoms. The topological polar surface area (TPSA) is 207 Å². The van der Waals surface area contributed by atoms with Crippen LogP contribution in [0.2, 0.25) is 0 Å². The molecule has 3 atom stereocenters. The number of benzene rings is 1. The molecule has 18 heteroatoms. The number of fused-ring (bicyclic) bond motifs is 1. The number of aryl methyl sites for hydroxylation is 1. The quantitative estimate of drug-likeness (QED) is 0.129. The molecule has 4 heterocycles. The van der Waals surface area contributed by atoms with Gasteiger partial charge in [-0.2, -0.15) is 0 Å². The second-order valence-corrected chi connectivity index (χ2v) is 15.4. The number of anilines is 1. The minimum Gasteiger partial charge on any atom is -0.480 e. The number of amides is 2. The molecule has 1 aliphatic carbocycles. The Hall–Kier alpha value is -6.04. The molecule has 1 saturated carbocycles.